The molecule has 2 rings (SSSR count). The van der Waals surface area contributed by atoms with Gasteiger partial charge in [0.15, 0.2) is 6.61 Å². The minimum Gasteiger partial charge on any atom is -0.484 e. The van der Waals surface area contributed by atoms with Gasteiger partial charge >= 0.3 is 0 Å². The van der Waals surface area contributed by atoms with Gasteiger partial charge in [0.25, 0.3) is 5.91 Å². The molecule has 1 fully saturated rings. The number of halogens is 1. The molecule has 1 atom stereocenters. The average Bonchev–Trinajstić information content (AvgIpc) is 2.51. The van der Waals surface area contributed by atoms with E-state index in [9.17, 15) is 9.59 Å². The first-order valence-electron chi connectivity index (χ1n) is 7.53. The highest BCUT2D eigenvalue weighted by Crippen LogP contribution is 2.19. The lowest BCUT2D eigenvalue weighted by Gasteiger charge is -2.33. The topological polar surface area (TPSA) is 93.4 Å². The van der Waals surface area contributed by atoms with Gasteiger partial charge in [-0.3, -0.25) is 9.59 Å². The third kappa shape index (κ3) is 5.73. The fourth-order valence-electron chi connectivity index (χ4n) is 2.53. The van der Waals surface area contributed by atoms with Crippen LogP contribution < -0.4 is 21.1 Å². The molecule has 4 N–H and O–H groups in total. The maximum atomic E-state index is 12.3. The first kappa shape index (κ1) is 19.3. The van der Waals surface area contributed by atoms with Gasteiger partial charge in [-0.2, -0.15) is 0 Å². The zero-order chi connectivity index (χ0) is 16.0. The van der Waals surface area contributed by atoms with Gasteiger partial charge in [-0.15, -0.1) is 12.4 Å². The first-order chi connectivity index (χ1) is 10.5. The Labute approximate surface area is 142 Å². The Hall–Kier alpha value is -1.79. The summed E-state index contributed by atoms with van der Waals surface area (Å²) < 4.78 is 5.25. The van der Waals surface area contributed by atoms with Gasteiger partial charge in [0, 0.05) is 6.54 Å². The van der Waals surface area contributed by atoms with Crippen LogP contribution in [0.3, 0.4) is 0 Å². The van der Waals surface area contributed by atoms with E-state index in [-0.39, 0.29) is 24.9 Å². The van der Waals surface area contributed by atoms with Crippen LogP contribution in [0.5, 0.6) is 5.75 Å². The standard InChI is InChI=1S/C16H23N3O3.ClH/c1-16(7-2-3-8-19-16)15(21)18-10-12-5-4-6-13(9-12)22-11-14(17)20;/h4-6,9,19H,2-3,7-8,10-11H2,1H3,(H2,17,20)(H,18,21);1H. The van der Waals surface area contributed by atoms with Crippen molar-refractivity contribution in [2.45, 2.75) is 38.3 Å². The van der Waals surface area contributed by atoms with Crippen molar-refractivity contribution in [2.75, 3.05) is 13.2 Å². The Balaban J connectivity index is 0.00000264. The van der Waals surface area contributed by atoms with Crippen molar-refractivity contribution < 1.29 is 14.3 Å². The Morgan fingerprint density at radius 3 is 2.83 bits per heavy atom. The second kappa shape index (κ2) is 8.74. The Morgan fingerprint density at radius 2 is 2.17 bits per heavy atom. The molecule has 2 amide bonds. The number of amides is 2. The Morgan fingerprint density at radius 1 is 1.39 bits per heavy atom. The van der Waals surface area contributed by atoms with Gasteiger partial charge in [-0.25, -0.2) is 0 Å². The number of primary amides is 1. The molecule has 6 nitrogen and oxygen atoms in total. The Kier molecular flexibility index (Phi) is 7.32. The van der Waals surface area contributed by atoms with Gasteiger partial charge in [0.1, 0.15) is 5.75 Å². The maximum Gasteiger partial charge on any atom is 0.255 e. The second-order valence-electron chi connectivity index (χ2n) is 5.80. The third-order valence-corrected chi connectivity index (χ3v) is 3.85. The summed E-state index contributed by atoms with van der Waals surface area (Å²) in [4.78, 5) is 23.0. The predicted molar refractivity (Wildman–Crippen MR) is 90.5 cm³/mol. The molecule has 23 heavy (non-hydrogen) atoms. The number of hydrogen-bond acceptors (Lipinski definition) is 4. The lowest BCUT2D eigenvalue weighted by molar-refractivity contribution is -0.128. The molecule has 1 aliphatic heterocycles. The van der Waals surface area contributed by atoms with E-state index in [0.29, 0.717) is 12.3 Å². The molecule has 1 saturated heterocycles. The van der Waals surface area contributed by atoms with Crippen LogP contribution in [0.15, 0.2) is 24.3 Å². The summed E-state index contributed by atoms with van der Waals surface area (Å²) in [5.41, 5.74) is 5.47. The number of carbonyl (C=O) groups excluding carboxylic acids is 2. The van der Waals surface area contributed by atoms with Gasteiger partial charge in [-0.1, -0.05) is 12.1 Å². The SMILES string of the molecule is CC1(C(=O)NCc2cccc(OCC(N)=O)c2)CCCCN1.Cl. The maximum absolute atomic E-state index is 12.3. The van der Waals surface area contributed by atoms with Crippen molar-refractivity contribution in [3.8, 4) is 5.75 Å². The predicted octanol–water partition coefficient (Wildman–Crippen LogP) is 1.12. The normalized spacial score (nSPS) is 20.2. The molecule has 0 aliphatic carbocycles. The molecule has 0 aromatic heterocycles. The summed E-state index contributed by atoms with van der Waals surface area (Å²) in [5, 5.41) is 6.24. The molecule has 0 saturated carbocycles. The second-order valence-corrected chi connectivity index (χ2v) is 5.80. The quantitative estimate of drug-likeness (QED) is 0.722. The summed E-state index contributed by atoms with van der Waals surface area (Å²) in [7, 11) is 0. The number of piperidine rings is 1. The smallest absolute Gasteiger partial charge is 0.255 e. The molecule has 1 aliphatic rings. The fraction of sp³-hybridized carbons (Fsp3) is 0.500. The van der Waals surface area contributed by atoms with E-state index in [0.717, 1.165) is 31.4 Å². The summed E-state index contributed by atoms with van der Waals surface area (Å²) >= 11 is 0. The Bertz CT molecular complexity index is 545. The van der Waals surface area contributed by atoms with Crippen molar-refractivity contribution in [2.24, 2.45) is 5.73 Å². The average molecular weight is 342 g/mol. The molecular weight excluding hydrogens is 318 g/mol. The fourth-order valence-corrected chi connectivity index (χ4v) is 2.53. The van der Waals surface area contributed by atoms with Crippen LogP contribution in [-0.4, -0.2) is 30.5 Å². The number of rotatable bonds is 6. The van der Waals surface area contributed by atoms with E-state index < -0.39 is 11.4 Å². The van der Waals surface area contributed by atoms with E-state index in [4.69, 9.17) is 10.5 Å². The molecule has 1 aromatic rings. The van der Waals surface area contributed by atoms with Gasteiger partial charge in [0.05, 0.1) is 5.54 Å². The van der Waals surface area contributed by atoms with Crippen molar-refractivity contribution in [1.29, 1.82) is 0 Å². The molecular formula is C16H24ClN3O3. The third-order valence-electron chi connectivity index (χ3n) is 3.85. The minimum atomic E-state index is -0.519. The van der Waals surface area contributed by atoms with E-state index in [2.05, 4.69) is 10.6 Å². The molecule has 1 aromatic carbocycles. The molecule has 1 unspecified atom stereocenters. The van der Waals surface area contributed by atoms with Crippen LogP contribution in [0.1, 0.15) is 31.7 Å². The van der Waals surface area contributed by atoms with Crippen molar-refractivity contribution in [1.82, 2.24) is 10.6 Å². The zero-order valence-corrected chi connectivity index (χ0v) is 14.1. The summed E-state index contributed by atoms with van der Waals surface area (Å²) in [5.74, 6) is 0.0539. The lowest BCUT2D eigenvalue weighted by atomic mass is 9.90. The van der Waals surface area contributed by atoms with Crippen LogP contribution in [0.4, 0.5) is 0 Å². The summed E-state index contributed by atoms with van der Waals surface area (Å²) in [6, 6.07) is 7.25. The zero-order valence-electron chi connectivity index (χ0n) is 13.3. The lowest BCUT2D eigenvalue weighted by Crippen LogP contribution is -2.56. The first-order valence-corrected chi connectivity index (χ1v) is 7.53. The van der Waals surface area contributed by atoms with Crippen molar-refractivity contribution >= 4 is 24.2 Å². The molecule has 7 heteroatoms. The van der Waals surface area contributed by atoms with Crippen LogP contribution in [0.2, 0.25) is 0 Å². The van der Waals surface area contributed by atoms with E-state index in [1.54, 1.807) is 12.1 Å². The monoisotopic (exact) mass is 341 g/mol. The van der Waals surface area contributed by atoms with Gasteiger partial charge in [0.2, 0.25) is 5.91 Å². The molecule has 0 bridgehead atoms. The molecule has 0 spiro atoms. The van der Waals surface area contributed by atoms with Crippen LogP contribution in [-0.2, 0) is 16.1 Å². The van der Waals surface area contributed by atoms with Crippen molar-refractivity contribution in [3.63, 3.8) is 0 Å². The molecule has 0 radical (unpaired) electrons. The van der Waals surface area contributed by atoms with Crippen molar-refractivity contribution in [3.05, 3.63) is 29.8 Å². The molecule has 128 valence electrons. The minimum absolute atomic E-state index is 0. The number of nitrogens with two attached hydrogens (primary N) is 1. The van der Waals surface area contributed by atoms with Gasteiger partial charge < -0.3 is 21.1 Å². The van der Waals surface area contributed by atoms with E-state index >= 15 is 0 Å². The highest BCUT2D eigenvalue weighted by Gasteiger charge is 2.33. The number of benzene rings is 1. The number of hydrogen-bond donors (Lipinski definition) is 3. The summed E-state index contributed by atoms with van der Waals surface area (Å²) in [6.07, 6.45) is 3.02. The van der Waals surface area contributed by atoms with Gasteiger partial charge in [-0.05, 0) is 50.4 Å². The largest absolute Gasteiger partial charge is 0.484 e. The highest BCUT2D eigenvalue weighted by atomic mass is 35.5. The molecule has 1 heterocycles. The number of ether oxygens (including phenoxy) is 1. The summed E-state index contributed by atoms with van der Waals surface area (Å²) in [6.45, 7) is 3.08. The van der Waals surface area contributed by atoms with E-state index in [1.807, 2.05) is 19.1 Å². The van der Waals surface area contributed by atoms with Crippen LogP contribution in [0, 0.1) is 0 Å². The number of carbonyl (C=O) groups is 2. The number of nitrogens with one attached hydrogen (secondary N) is 2. The highest BCUT2D eigenvalue weighted by molar-refractivity contribution is 5.86. The van der Waals surface area contributed by atoms with E-state index in [1.165, 1.54) is 0 Å². The van der Waals surface area contributed by atoms with Crippen LogP contribution in [0.25, 0.3) is 0 Å². The van der Waals surface area contributed by atoms with Crippen LogP contribution >= 0.6 is 12.4 Å².